The molecule has 0 bridgehead atoms. The summed E-state index contributed by atoms with van der Waals surface area (Å²) in [5.41, 5.74) is 2.16. The Balaban J connectivity index is 1.62. The summed E-state index contributed by atoms with van der Waals surface area (Å²) in [6.07, 6.45) is 1.73. The van der Waals surface area contributed by atoms with Gasteiger partial charge >= 0.3 is 0 Å². The van der Waals surface area contributed by atoms with Crippen LogP contribution in [-0.2, 0) is 13.2 Å². The molecule has 4 heteroatoms. The summed E-state index contributed by atoms with van der Waals surface area (Å²) in [6, 6.07) is 21.6. The Bertz CT molecular complexity index is 758. The van der Waals surface area contributed by atoms with Crippen molar-refractivity contribution in [3.63, 3.8) is 0 Å². The second-order valence-electron chi connectivity index (χ2n) is 5.35. The van der Waals surface area contributed by atoms with E-state index in [9.17, 15) is 0 Å². The quantitative estimate of drug-likeness (QED) is 0.709. The lowest BCUT2D eigenvalue weighted by Gasteiger charge is -2.10. The molecule has 0 saturated heterocycles. The lowest BCUT2D eigenvalue weighted by molar-refractivity contribution is 0.305. The monoisotopic (exact) mass is 320 g/mol. The Morgan fingerprint density at radius 2 is 1.62 bits per heavy atom. The molecule has 0 aliphatic carbocycles. The van der Waals surface area contributed by atoms with Gasteiger partial charge in [-0.1, -0.05) is 36.4 Å². The van der Waals surface area contributed by atoms with Gasteiger partial charge in [0.25, 0.3) is 0 Å². The average Bonchev–Trinajstić information content (AvgIpc) is 2.64. The van der Waals surface area contributed by atoms with Gasteiger partial charge in [0.1, 0.15) is 18.1 Å². The molecule has 0 atom stereocenters. The summed E-state index contributed by atoms with van der Waals surface area (Å²) in [7, 11) is 1.90. The summed E-state index contributed by atoms with van der Waals surface area (Å²) >= 11 is 0. The van der Waals surface area contributed by atoms with Gasteiger partial charge in [-0.3, -0.25) is 0 Å². The molecule has 0 saturated carbocycles. The molecule has 3 rings (SSSR count). The highest BCUT2D eigenvalue weighted by Gasteiger charge is 2.05. The fourth-order valence-electron chi connectivity index (χ4n) is 2.30. The molecule has 0 radical (unpaired) electrons. The van der Waals surface area contributed by atoms with Gasteiger partial charge in [-0.05, 0) is 42.9 Å². The van der Waals surface area contributed by atoms with Crippen molar-refractivity contribution in [2.75, 3.05) is 7.05 Å². The smallest absolute Gasteiger partial charge is 0.223 e. The van der Waals surface area contributed by atoms with E-state index in [1.807, 2.05) is 73.8 Å². The number of nitrogens with one attached hydrogen (secondary N) is 1. The third-order valence-corrected chi connectivity index (χ3v) is 3.50. The highest BCUT2D eigenvalue weighted by molar-refractivity contribution is 5.36. The maximum absolute atomic E-state index is 5.87. The van der Waals surface area contributed by atoms with Crippen molar-refractivity contribution >= 4 is 0 Å². The van der Waals surface area contributed by atoms with Crippen LogP contribution in [0.1, 0.15) is 11.1 Å². The maximum atomic E-state index is 5.87. The van der Waals surface area contributed by atoms with Crippen LogP contribution in [0.5, 0.6) is 17.4 Å². The highest BCUT2D eigenvalue weighted by atomic mass is 16.5. The normalized spacial score (nSPS) is 10.4. The first kappa shape index (κ1) is 16.0. The topological polar surface area (TPSA) is 43.4 Å². The van der Waals surface area contributed by atoms with Crippen molar-refractivity contribution in [3.8, 4) is 17.4 Å². The van der Waals surface area contributed by atoms with E-state index >= 15 is 0 Å². The Hall–Kier alpha value is -2.85. The van der Waals surface area contributed by atoms with E-state index in [0.717, 1.165) is 22.6 Å². The Labute approximate surface area is 142 Å². The van der Waals surface area contributed by atoms with Gasteiger partial charge in [-0.25, -0.2) is 4.98 Å². The Morgan fingerprint density at radius 3 is 2.38 bits per heavy atom. The molecule has 0 aliphatic rings. The molecule has 4 nitrogen and oxygen atoms in total. The number of hydrogen-bond acceptors (Lipinski definition) is 4. The second kappa shape index (κ2) is 8.13. The SMILES string of the molecule is CNCc1cccnc1Oc1ccc(OCc2ccccc2)cc1. The van der Waals surface area contributed by atoms with Crippen LogP contribution in [-0.4, -0.2) is 12.0 Å². The van der Waals surface area contributed by atoms with Crippen LogP contribution in [0.3, 0.4) is 0 Å². The molecule has 1 heterocycles. The minimum Gasteiger partial charge on any atom is -0.489 e. The van der Waals surface area contributed by atoms with Gasteiger partial charge in [0.05, 0.1) is 0 Å². The molecule has 0 amide bonds. The number of rotatable bonds is 7. The number of ether oxygens (including phenoxy) is 2. The standard InChI is InChI=1S/C20H20N2O2/c1-21-14-17-8-5-13-22-20(17)24-19-11-9-18(10-12-19)23-15-16-6-3-2-4-7-16/h2-13,21H,14-15H2,1H3. The van der Waals surface area contributed by atoms with E-state index < -0.39 is 0 Å². The van der Waals surface area contributed by atoms with Crippen LogP contribution in [0, 0.1) is 0 Å². The number of aromatic nitrogens is 1. The van der Waals surface area contributed by atoms with Crippen LogP contribution in [0.15, 0.2) is 72.9 Å². The van der Waals surface area contributed by atoms with Crippen molar-refractivity contribution < 1.29 is 9.47 Å². The van der Waals surface area contributed by atoms with E-state index in [0.29, 0.717) is 19.0 Å². The second-order valence-corrected chi connectivity index (χ2v) is 5.35. The number of pyridine rings is 1. The molecule has 122 valence electrons. The van der Waals surface area contributed by atoms with Gasteiger partial charge < -0.3 is 14.8 Å². The van der Waals surface area contributed by atoms with Crippen molar-refractivity contribution in [2.24, 2.45) is 0 Å². The van der Waals surface area contributed by atoms with Gasteiger partial charge in [-0.2, -0.15) is 0 Å². The zero-order valence-corrected chi connectivity index (χ0v) is 13.6. The molecule has 3 aromatic rings. The molecule has 0 unspecified atom stereocenters. The minimum absolute atomic E-state index is 0.549. The minimum atomic E-state index is 0.549. The average molecular weight is 320 g/mol. The summed E-state index contributed by atoms with van der Waals surface area (Å²) in [5.74, 6) is 2.16. The summed E-state index contributed by atoms with van der Waals surface area (Å²) in [5, 5.41) is 3.11. The van der Waals surface area contributed by atoms with Crippen LogP contribution in [0.4, 0.5) is 0 Å². The van der Waals surface area contributed by atoms with Crippen LogP contribution < -0.4 is 14.8 Å². The van der Waals surface area contributed by atoms with Crippen molar-refractivity contribution in [3.05, 3.63) is 84.1 Å². The third kappa shape index (κ3) is 4.33. The summed E-state index contributed by atoms with van der Waals surface area (Å²) in [4.78, 5) is 4.30. The molecule has 0 aliphatic heterocycles. The Kier molecular flexibility index (Phi) is 5.43. The highest BCUT2D eigenvalue weighted by Crippen LogP contribution is 2.25. The van der Waals surface area contributed by atoms with Gasteiger partial charge in [-0.15, -0.1) is 0 Å². The number of hydrogen-bond donors (Lipinski definition) is 1. The van der Waals surface area contributed by atoms with Crippen molar-refractivity contribution in [1.29, 1.82) is 0 Å². The summed E-state index contributed by atoms with van der Waals surface area (Å²) < 4.78 is 11.7. The molecule has 24 heavy (non-hydrogen) atoms. The van der Waals surface area contributed by atoms with E-state index in [2.05, 4.69) is 10.3 Å². The molecular formula is C20H20N2O2. The van der Waals surface area contributed by atoms with Crippen molar-refractivity contribution in [1.82, 2.24) is 10.3 Å². The number of nitrogens with zero attached hydrogens (tertiary/aromatic N) is 1. The van der Waals surface area contributed by atoms with Crippen LogP contribution in [0.2, 0.25) is 0 Å². The van der Waals surface area contributed by atoms with Crippen LogP contribution in [0.25, 0.3) is 0 Å². The van der Waals surface area contributed by atoms with Crippen LogP contribution >= 0.6 is 0 Å². The zero-order chi connectivity index (χ0) is 16.6. The van der Waals surface area contributed by atoms with Gasteiger partial charge in [0, 0.05) is 18.3 Å². The predicted octanol–water partition coefficient (Wildman–Crippen LogP) is 4.17. The molecule has 1 aromatic heterocycles. The maximum Gasteiger partial charge on any atom is 0.223 e. The zero-order valence-electron chi connectivity index (χ0n) is 13.6. The molecule has 2 aromatic carbocycles. The molecule has 0 fully saturated rings. The summed E-state index contributed by atoms with van der Waals surface area (Å²) in [6.45, 7) is 1.26. The largest absolute Gasteiger partial charge is 0.489 e. The van der Waals surface area contributed by atoms with Crippen molar-refractivity contribution in [2.45, 2.75) is 13.2 Å². The van der Waals surface area contributed by atoms with E-state index in [-0.39, 0.29) is 0 Å². The fourth-order valence-corrected chi connectivity index (χ4v) is 2.30. The lowest BCUT2D eigenvalue weighted by Crippen LogP contribution is -2.07. The van der Waals surface area contributed by atoms with Gasteiger partial charge in [0.2, 0.25) is 5.88 Å². The molecule has 0 spiro atoms. The first-order valence-electron chi connectivity index (χ1n) is 7.88. The predicted molar refractivity (Wildman–Crippen MR) is 94.3 cm³/mol. The number of benzene rings is 2. The Morgan fingerprint density at radius 1 is 0.875 bits per heavy atom. The fraction of sp³-hybridized carbons (Fsp3) is 0.150. The lowest BCUT2D eigenvalue weighted by atomic mass is 10.2. The van der Waals surface area contributed by atoms with E-state index in [4.69, 9.17) is 9.47 Å². The molecule has 1 N–H and O–H groups in total. The van der Waals surface area contributed by atoms with E-state index in [1.54, 1.807) is 6.20 Å². The molecular weight excluding hydrogens is 300 g/mol. The van der Waals surface area contributed by atoms with E-state index in [1.165, 1.54) is 0 Å². The third-order valence-electron chi connectivity index (χ3n) is 3.50. The first-order valence-corrected chi connectivity index (χ1v) is 7.88. The van der Waals surface area contributed by atoms with Gasteiger partial charge in [0.15, 0.2) is 0 Å². The first-order chi connectivity index (χ1) is 11.8.